The number of carbonyl (C=O) groups is 3. The number of hydrogen-bond donors (Lipinski definition) is 1. The van der Waals surface area contributed by atoms with Crippen LogP contribution in [-0.2, 0) is 11.8 Å². The largest absolute Gasteiger partial charge is 0.493 e. The van der Waals surface area contributed by atoms with Crippen molar-refractivity contribution >= 4 is 35.7 Å². The van der Waals surface area contributed by atoms with E-state index in [0.29, 0.717) is 53.5 Å². The maximum atomic E-state index is 13.0. The van der Waals surface area contributed by atoms with Crippen molar-refractivity contribution < 1.29 is 23.9 Å². The molecule has 2 amide bonds. The van der Waals surface area contributed by atoms with Crippen LogP contribution in [0.25, 0.3) is 0 Å². The van der Waals surface area contributed by atoms with Gasteiger partial charge >= 0.3 is 0 Å². The summed E-state index contributed by atoms with van der Waals surface area (Å²) in [4.78, 5) is 42.4. The number of nitrogens with zero attached hydrogens (tertiary/aromatic N) is 3. The zero-order valence-electron chi connectivity index (χ0n) is 18.7. The first-order chi connectivity index (χ1) is 15.9. The van der Waals surface area contributed by atoms with Gasteiger partial charge in [0.2, 0.25) is 5.91 Å². The van der Waals surface area contributed by atoms with E-state index in [1.807, 2.05) is 0 Å². The highest BCUT2D eigenvalue weighted by Gasteiger charge is 2.34. The number of ether oxygens (including phenoxy) is 2. The molecule has 9 heteroatoms. The molecule has 0 saturated carbocycles. The van der Waals surface area contributed by atoms with E-state index in [9.17, 15) is 14.4 Å². The molecule has 1 N–H and O–H groups in total. The highest BCUT2D eigenvalue weighted by atomic mass is 16.5. The van der Waals surface area contributed by atoms with Gasteiger partial charge in [-0.1, -0.05) is 12.2 Å². The molecule has 1 fully saturated rings. The van der Waals surface area contributed by atoms with Gasteiger partial charge in [0.1, 0.15) is 0 Å². The fourth-order valence-electron chi connectivity index (χ4n) is 4.01. The Morgan fingerprint density at radius 3 is 2.88 bits per heavy atom. The molecule has 4 rings (SSSR count). The van der Waals surface area contributed by atoms with Crippen molar-refractivity contribution in [2.45, 2.75) is 25.3 Å². The van der Waals surface area contributed by atoms with Crippen LogP contribution in [0.2, 0.25) is 0 Å². The Hall–Kier alpha value is -3.88. The van der Waals surface area contributed by atoms with E-state index in [2.05, 4.69) is 16.9 Å². The van der Waals surface area contributed by atoms with Gasteiger partial charge in [-0.05, 0) is 25.0 Å². The van der Waals surface area contributed by atoms with Gasteiger partial charge in [0.15, 0.2) is 17.8 Å². The minimum atomic E-state index is -0.173. The van der Waals surface area contributed by atoms with Crippen molar-refractivity contribution in [1.82, 2.24) is 9.47 Å². The van der Waals surface area contributed by atoms with Crippen molar-refractivity contribution in [2.75, 3.05) is 25.6 Å². The molecule has 33 heavy (non-hydrogen) atoms. The fourth-order valence-corrected chi connectivity index (χ4v) is 4.01. The average Bonchev–Trinajstić information content (AvgIpc) is 3.32. The predicted molar refractivity (Wildman–Crippen MR) is 124 cm³/mol. The van der Waals surface area contributed by atoms with Crippen LogP contribution in [0, 0.1) is 0 Å². The summed E-state index contributed by atoms with van der Waals surface area (Å²) in [5, 5.41) is 2.77. The third kappa shape index (κ3) is 4.67. The number of methoxy groups -OCH3 is 1. The van der Waals surface area contributed by atoms with Crippen LogP contribution < -0.4 is 14.8 Å². The van der Waals surface area contributed by atoms with Crippen LogP contribution in [0.3, 0.4) is 0 Å². The normalized spacial score (nSPS) is 16.8. The molecule has 0 unspecified atom stereocenters. The zero-order chi connectivity index (χ0) is 23.5. The molecule has 9 nitrogen and oxygen atoms in total. The third-order valence-corrected chi connectivity index (χ3v) is 5.70. The Morgan fingerprint density at radius 2 is 2.15 bits per heavy atom. The number of amides is 2. The van der Waals surface area contributed by atoms with Gasteiger partial charge in [0, 0.05) is 38.5 Å². The molecule has 1 atom stereocenters. The topological polar surface area (TPSA) is 102 Å². The Kier molecular flexibility index (Phi) is 6.30. The average molecular weight is 450 g/mol. The number of carbonyl (C=O) groups excluding carboxylic acids is 3. The first-order valence-corrected chi connectivity index (χ1v) is 10.7. The smallest absolute Gasteiger partial charge is 0.257 e. The quantitative estimate of drug-likeness (QED) is 0.378. The second kappa shape index (κ2) is 9.32. The summed E-state index contributed by atoms with van der Waals surface area (Å²) in [6.45, 7) is 4.80. The molecule has 2 aliphatic rings. The number of anilines is 1. The minimum absolute atomic E-state index is 0.0847. The number of aliphatic imine (C=N–C) groups is 1. The molecule has 172 valence electrons. The number of rotatable bonds is 8. The lowest BCUT2D eigenvalue weighted by molar-refractivity contribution is -0.116. The van der Waals surface area contributed by atoms with Crippen molar-refractivity contribution in [3.63, 3.8) is 0 Å². The van der Waals surface area contributed by atoms with Gasteiger partial charge < -0.3 is 24.3 Å². The molecule has 0 aliphatic carbocycles. The number of aryl methyl sites for hydroxylation is 1. The van der Waals surface area contributed by atoms with Gasteiger partial charge in [-0.3, -0.25) is 19.4 Å². The number of fused-ring (bicyclic) bond motifs is 2. The van der Waals surface area contributed by atoms with E-state index in [4.69, 9.17) is 9.47 Å². The molecule has 2 aliphatic heterocycles. The minimum Gasteiger partial charge on any atom is -0.493 e. The van der Waals surface area contributed by atoms with Crippen LogP contribution in [0.15, 0.2) is 41.5 Å². The van der Waals surface area contributed by atoms with Gasteiger partial charge in [0.25, 0.3) is 5.91 Å². The maximum Gasteiger partial charge on any atom is 0.257 e. The van der Waals surface area contributed by atoms with E-state index >= 15 is 0 Å². The van der Waals surface area contributed by atoms with Crippen molar-refractivity contribution in [3.8, 4) is 11.5 Å². The predicted octanol–water partition coefficient (Wildman–Crippen LogP) is 3.13. The summed E-state index contributed by atoms with van der Waals surface area (Å²) in [6.07, 6.45) is 5.62. The van der Waals surface area contributed by atoms with Crippen LogP contribution in [0.1, 0.15) is 40.1 Å². The highest BCUT2D eigenvalue weighted by molar-refractivity contribution is 6.03. The Bertz CT molecular complexity index is 1150. The number of aldehydes is 1. The molecule has 0 bridgehead atoms. The molecule has 2 aromatic rings. The van der Waals surface area contributed by atoms with E-state index in [0.717, 1.165) is 11.9 Å². The summed E-state index contributed by atoms with van der Waals surface area (Å²) < 4.78 is 12.9. The molecule has 0 spiro atoms. The first-order valence-electron chi connectivity index (χ1n) is 10.7. The Balaban J connectivity index is 1.37. The van der Waals surface area contributed by atoms with E-state index in [1.54, 1.807) is 47.1 Å². The zero-order valence-corrected chi connectivity index (χ0v) is 18.7. The molecule has 3 heterocycles. The molecular weight excluding hydrogens is 424 g/mol. The monoisotopic (exact) mass is 450 g/mol. The van der Waals surface area contributed by atoms with Crippen LogP contribution in [-0.4, -0.2) is 60.1 Å². The van der Waals surface area contributed by atoms with E-state index in [-0.39, 0.29) is 30.9 Å². The van der Waals surface area contributed by atoms with Crippen molar-refractivity contribution in [3.05, 3.63) is 47.8 Å². The van der Waals surface area contributed by atoms with E-state index < -0.39 is 0 Å². The second-order valence-corrected chi connectivity index (χ2v) is 8.14. The fraction of sp³-hybridized carbons (Fsp3) is 0.333. The lowest BCUT2D eigenvalue weighted by Crippen LogP contribution is -2.35. The first kappa shape index (κ1) is 22.3. The number of hydrogen-bond acceptors (Lipinski definition) is 6. The van der Waals surface area contributed by atoms with Crippen molar-refractivity contribution in [1.29, 1.82) is 0 Å². The van der Waals surface area contributed by atoms with Gasteiger partial charge in [-0.15, -0.1) is 0 Å². The molecule has 1 aromatic heterocycles. The summed E-state index contributed by atoms with van der Waals surface area (Å²) in [5.41, 5.74) is 3.06. The highest BCUT2D eigenvalue weighted by Crippen LogP contribution is 2.38. The van der Waals surface area contributed by atoms with Gasteiger partial charge in [0.05, 0.1) is 42.4 Å². The number of nitrogens with one attached hydrogen (secondary N) is 1. The lowest BCUT2D eigenvalue weighted by atomic mass is 10.1. The van der Waals surface area contributed by atoms with Crippen LogP contribution in [0.4, 0.5) is 11.4 Å². The van der Waals surface area contributed by atoms with Crippen molar-refractivity contribution in [2.24, 2.45) is 12.0 Å². The Labute approximate surface area is 191 Å². The summed E-state index contributed by atoms with van der Waals surface area (Å²) in [6, 6.07) is 4.88. The van der Waals surface area contributed by atoms with Crippen LogP contribution in [0.5, 0.6) is 11.5 Å². The maximum absolute atomic E-state index is 13.0. The Morgan fingerprint density at radius 1 is 1.33 bits per heavy atom. The van der Waals surface area contributed by atoms with E-state index in [1.165, 1.54) is 7.11 Å². The summed E-state index contributed by atoms with van der Waals surface area (Å²) >= 11 is 0. The standard InChI is InChI=1S/C24H26N4O5/c1-15-7-17-11-25-20-10-22(21(32-3)9-19(20)24(31)28(17)12-15)33-6-4-5-23(30)26-16-8-18(14-29)27(2)13-16/h8-11,13-14,17H,1,4-7,12H2,2-3H3,(H,26,30)/t17-/m0/s1. The molecule has 0 radical (unpaired) electrons. The molecular formula is C24H26N4O5. The second-order valence-electron chi connectivity index (χ2n) is 8.14. The lowest BCUT2D eigenvalue weighted by Gasteiger charge is -2.20. The number of aromatic nitrogens is 1. The van der Waals surface area contributed by atoms with Crippen LogP contribution >= 0.6 is 0 Å². The number of benzene rings is 1. The summed E-state index contributed by atoms with van der Waals surface area (Å²) in [5.74, 6) is 0.620. The van der Waals surface area contributed by atoms with Gasteiger partial charge in [-0.2, -0.15) is 0 Å². The third-order valence-electron chi connectivity index (χ3n) is 5.70. The molecule has 1 aromatic carbocycles. The SMILES string of the molecule is C=C1C[C@H]2C=Nc3cc(OCCCC(=O)Nc4cc(C=O)n(C)c4)c(OC)cc3C(=O)N2C1. The molecule has 1 saturated heterocycles. The van der Waals surface area contributed by atoms with Gasteiger partial charge in [-0.25, -0.2) is 0 Å². The summed E-state index contributed by atoms with van der Waals surface area (Å²) in [7, 11) is 3.25.